The molecule has 1 amide bonds. The summed E-state index contributed by atoms with van der Waals surface area (Å²) in [5.41, 5.74) is 3.00. The van der Waals surface area contributed by atoms with Crippen LogP contribution < -0.4 is 4.31 Å². The van der Waals surface area contributed by atoms with Gasteiger partial charge in [0.25, 0.3) is 0 Å². The highest BCUT2D eigenvalue weighted by atomic mass is 32.2. The number of likely N-dealkylation sites (tertiary alicyclic amines) is 1. The van der Waals surface area contributed by atoms with Gasteiger partial charge in [-0.2, -0.15) is 0 Å². The Bertz CT molecular complexity index is 934. The van der Waals surface area contributed by atoms with Crippen molar-refractivity contribution in [3.63, 3.8) is 0 Å². The minimum Gasteiger partial charge on any atom is -0.341 e. The molecule has 3 rings (SSSR count). The van der Waals surface area contributed by atoms with Gasteiger partial charge in [0.15, 0.2) is 0 Å². The molecule has 30 heavy (non-hydrogen) atoms. The number of sulfonamides is 1. The van der Waals surface area contributed by atoms with Gasteiger partial charge in [-0.25, -0.2) is 8.42 Å². The smallest absolute Gasteiger partial charge is 0.246 e. The first-order valence-corrected chi connectivity index (χ1v) is 12.6. The molecule has 1 fully saturated rings. The molecule has 2 aromatic rings. The molecule has 0 bridgehead atoms. The Morgan fingerprint density at radius 3 is 2.17 bits per heavy atom. The molecule has 1 aliphatic heterocycles. The molecule has 1 unspecified atom stereocenters. The Labute approximate surface area is 180 Å². The van der Waals surface area contributed by atoms with Crippen LogP contribution in [0.25, 0.3) is 0 Å². The molecule has 1 saturated heterocycles. The summed E-state index contributed by atoms with van der Waals surface area (Å²) in [7, 11) is -3.59. The van der Waals surface area contributed by atoms with Crippen LogP contribution in [0.5, 0.6) is 0 Å². The second kappa shape index (κ2) is 9.65. The minimum absolute atomic E-state index is 0.127. The first-order valence-electron chi connectivity index (χ1n) is 10.7. The van der Waals surface area contributed by atoms with Crippen LogP contribution in [0.15, 0.2) is 54.6 Å². The van der Waals surface area contributed by atoms with E-state index in [-0.39, 0.29) is 5.91 Å². The third-order valence-electron chi connectivity index (χ3n) is 5.96. The third kappa shape index (κ3) is 5.42. The summed E-state index contributed by atoms with van der Waals surface area (Å²) in [6.45, 7) is 5.09. The topological polar surface area (TPSA) is 57.7 Å². The molecule has 5 nitrogen and oxygen atoms in total. The van der Waals surface area contributed by atoms with Crippen LogP contribution in [0, 0.1) is 5.92 Å². The van der Waals surface area contributed by atoms with Crippen molar-refractivity contribution in [1.29, 1.82) is 0 Å². The van der Waals surface area contributed by atoms with E-state index in [0.717, 1.165) is 37.5 Å². The lowest BCUT2D eigenvalue weighted by Gasteiger charge is -2.36. The monoisotopic (exact) mass is 428 g/mol. The van der Waals surface area contributed by atoms with Gasteiger partial charge in [0.1, 0.15) is 6.04 Å². The Balaban J connectivity index is 1.67. The number of nitrogens with zero attached hydrogens (tertiary/aromatic N) is 2. The van der Waals surface area contributed by atoms with Crippen LogP contribution in [0.3, 0.4) is 0 Å². The number of hydrogen-bond acceptors (Lipinski definition) is 3. The SMILES string of the molecule is CCc1ccc(N(C(C)C(=O)N2CCC(Cc3ccccc3)CC2)S(C)(=O)=O)cc1. The van der Waals surface area contributed by atoms with Gasteiger partial charge in [0.2, 0.25) is 15.9 Å². The zero-order valence-corrected chi connectivity index (χ0v) is 18.9. The molecule has 1 atom stereocenters. The molecule has 6 heteroatoms. The van der Waals surface area contributed by atoms with E-state index in [0.29, 0.717) is 24.7 Å². The molecule has 0 saturated carbocycles. The van der Waals surface area contributed by atoms with Crippen LogP contribution in [0.2, 0.25) is 0 Å². The van der Waals surface area contributed by atoms with Crippen LogP contribution in [-0.2, 0) is 27.7 Å². The number of rotatable bonds is 7. The average Bonchev–Trinajstić information content (AvgIpc) is 2.74. The zero-order chi connectivity index (χ0) is 21.7. The summed E-state index contributed by atoms with van der Waals surface area (Å²) >= 11 is 0. The minimum atomic E-state index is -3.59. The first-order chi connectivity index (χ1) is 14.3. The van der Waals surface area contributed by atoms with Crippen molar-refractivity contribution in [2.24, 2.45) is 5.92 Å². The largest absolute Gasteiger partial charge is 0.341 e. The van der Waals surface area contributed by atoms with E-state index in [4.69, 9.17) is 0 Å². The molecular formula is C24H32N2O3S. The van der Waals surface area contributed by atoms with E-state index in [1.165, 1.54) is 9.87 Å². The second-order valence-electron chi connectivity index (χ2n) is 8.21. The second-order valence-corrected chi connectivity index (χ2v) is 10.1. The van der Waals surface area contributed by atoms with Gasteiger partial charge in [-0.3, -0.25) is 9.10 Å². The summed E-state index contributed by atoms with van der Waals surface area (Å²) in [6, 6.07) is 17.1. The summed E-state index contributed by atoms with van der Waals surface area (Å²) in [4.78, 5) is 15.0. The summed E-state index contributed by atoms with van der Waals surface area (Å²) < 4.78 is 26.3. The van der Waals surface area contributed by atoms with Gasteiger partial charge in [-0.15, -0.1) is 0 Å². The van der Waals surface area contributed by atoms with E-state index >= 15 is 0 Å². The molecule has 0 aromatic heterocycles. The highest BCUT2D eigenvalue weighted by Crippen LogP contribution is 2.26. The predicted molar refractivity (Wildman–Crippen MR) is 122 cm³/mol. The van der Waals surface area contributed by atoms with Gasteiger partial charge in [0.05, 0.1) is 11.9 Å². The predicted octanol–water partition coefficient (Wildman–Crippen LogP) is 3.88. The van der Waals surface area contributed by atoms with Crippen LogP contribution in [0.4, 0.5) is 5.69 Å². The number of amides is 1. The molecule has 0 spiro atoms. The molecule has 2 aromatic carbocycles. The molecule has 0 aliphatic carbocycles. The third-order valence-corrected chi connectivity index (χ3v) is 7.20. The fourth-order valence-electron chi connectivity index (χ4n) is 4.25. The molecule has 0 radical (unpaired) electrons. The zero-order valence-electron chi connectivity index (χ0n) is 18.1. The van der Waals surface area contributed by atoms with Crippen molar-refractivity contribution in [3.8, 4) is 0 Å². The number of aryl methyl sites for hydroxylation is 1. The van der Waals surface area contributed by atoms with Gasteiger partial charge < -0.3 is 4.90 Å². The van der Waals surface area contributed by atoms with Crippen molar-refractivity contribution < 1.29 is 13.2 Å². The normalized spacial score (nSPS) is 16.3. The molecular weight excluding hydrogens is 396 g/mol. The van der Waals surface area contributed by atoms with Crippen LogP contribution in [-0.4, -0.2) is 44.6 Å². The average molecular weight is 429 g/mol. The van der Waals surface area contributed by atoms with Gasteiger partial charge in [-0.05, 0) is 61.8 Å². The van der Waals surface area contributed by atoms with Gasteiger partial charge >= 0.3 is 0 Å². The lowest BCUT2D eigenvalue weighted by Crippen LogP contribution is -2.51. The highest BCUT2D eigenvalue weighted by Gasteiger charge is 2.33. The van der Waals surface area contributed by atoms with Crippen molar-refractivity contribution in [1.82, 2.24) is 4.90 Å². The number of carbonyl (C=O) groups excluding carboxylic acids is 1. The lowest BCUT2D eigenvalue weighted by atomic mass is 9.90. The maximum absolute atomic E-state index is 13.2. The summed E-state index contributed by atoms with van der Waals surface area (Å²) in [5.74, 6) is 0.428. The molecule has 162 valence electrons. The number of anilines is 1. The molecule has 1 heterocycles. The van der Waals surface area contributed by atoms with E-state index in [1.54, 1.807) is 19.1 Å². The van der Waals surface area contributed by atoms with Crippen molar-refractivity contribution >= 4 is 21.6 Å². The van der Waals surface area contributed by atoms with E-state index < -0.39 is 16.1 Å². The highest BCUT2D eigenvalue weighted by molar-refractivity contribution is 7.92. The first kappa shape index (κ1) is 22.3. The summed E-state index contributed by atoms with van der Waals surface area (Å²) in [5, 5.41) is 0. The van der Waals surface area contributed by atoms with Gasteiger partial charge in [0, 0.05) is 13.1 Å². The summed E-state index contributed by atoms with van der Waals surface area (Å²) in [6.07, 6.45) is 4.95. The number of carbonyl (C=O) groups is 1. The number of piperidine rings is 1. The van der Waals surface area contributed by atoms with Crippen LogP contribution >= 0.6 is 0 Å². The van der Waals surface area contributed by atoms with E-state index in [9.17, 15) is 13.2 Å². The number of hydrogen-bond donors (Lipinski definition) is 0. The molecule has 0 N–H and O–H groups in total. The van der Waals surface area contributed by atoms with E-state index in [1.807, 2.05) is 23.1 Å². The van der Waals surface area contributed by atoms with E-state index in [2.05, 4.69) is 31.2 Å². The fourth-order valence-corrected chi connectivity index (χ4v) is 5.42. The van der Waals surface area contributed by atoms with Crippen molar-refractivity contribution in [2.45, 2.75) is 45.6 Å². The quantitative estimate of drug-likeness (QED) is 0.672. The van der Waals surface area contributed by atoms with Crippen LogP contribution in [0.1, 0.15) is 37.8 Å². The lowest BCUT2D eigenvalue weighted by molar-refractivity contribution is -0.133. The Morgan fingerprint density at radius 1 is 1.03 bits per heavy atom. The van der Waals surface area contributed by atoms with Crippen molar-refractivity contribution in [2.75, 3.05) is 23.7 Å². The van der Waals surface area contributed by atoms with Gasteiger partial charge in [-0.1, -0.05) is 49.4 Å². The fraction of sp³-hybridized carbons (Fsp3) is 0.458. The molecule has 1 aliphatic rings. The maximum atomic E-state index is 13.2. The standard InChI is InChI=1S/C24H32N2O3S/c1-4-20-10-12-23(13-11-20)26(30(3,28)29)19(2)24(27)25-16-14-22(15-17-25)18-21-8-6-5-7-9-21/h5-13,19,22H,4,14-18H2,1-3H3. The number of benzene rings is 2. The van der Waals surface area contributed by atoms with Crippen molar-refractivity contribution in [3.05, 3.63) is 65.7 Å². The Hall–Kier alpha value is -2.34. The Kier molecular flexibility index (Phi) is 7.19. The maximum Gasteiger partial charge on any atom is 0.246 e. The Morgan fingerprint density at radius 2 is 1.63 bits per heavy atom.